The average molecular weight is 392 g/mol. The molecule has 0 atom stereocenters. The van der Waals surface area contributed by atoms with Crippen molar-refractivity contribution in [3.8, 4) is 5.75 Å². The largest absolute Gasteiger partial charge is 0.497 e. The number of likely N-dealkylation sites (N-methyl/N-ethyl adjacent to an activating group) is 1. The summed E-state index contributed by atoms with van der Waals surface area (Å²) >= 11 is 0. The van der Waals surface area contributed by atoms with Crippen molar-refractivity contribution in [3.63, 3.8) is 0 Å². The number of aryl methyl sites for hydroxylation is 1. The highest BCUT2D eigenvalue weighted by atomic mass is 19.4. The molecule has 150 valence electrons. The van der Waals surface area contributed by atoms with Gasteiger partial charge in [-0.15, -0.1) is 0 Å². The first-order chi connectivity index (χ1) is 13.3. The number of halogens is 3. The normalized spacial score (nSPS) is 14.1. The molecule has 1 amide bonds. The summed E-state index contributed by atoms with van der Waals surface area (Å²) in [5, 5.41) is 0. The van der Waals surface area contributed by atoms with Crippen molar-refractivity contribution in [1.82, 2.24) is 4.90 Å². The Kier molecular flexibility index (Phi) is 5.93. The number of hydrogen-bond acceptors (Lipinski definition) is 3. The standard InChI is InChI=1S/C21H23F3N2O2/c1-25(13-15-5-7-17(8-6-15)21(22,23)24)14-20(27)26-11-3-4-16-12-18(28-2)9-10-19(16)26/h5-10,12H,3-4,11,13-14H2,1-2H3. The molecule has 1 aliphatic rings. The molecule has 0 unspecified atom stereocenters. The predicted molar refractivity (Wildman–Crippen MR) is 101 cm³/mol. The van der Waals surface area contributed by atoms with Crippen LogP contribution in [-0.2, 0) is 23.9 Å². The lowest BCUT2D eigenvalue weighted by Gasteiger charge is -2.31. The quantitative estimate of drug-likeness (QED) is 0.767. The number of nitrogens with zero attached hydrogens (tertiary/aromatic N) is 2. The fourth-order valence-electron chi connectivity index (χ4n) is 3.44. The summed E-state index contributed by atoms with van der Waals surface area (Å²) in [4.78, 5) is 16.4. The van der Waals surface area contributed by atoms with Crippen LogP contribution in [0.15, 0.2) is 42.5 Å². The van der Waals surface area contributed by atoms with Gasteiger partial charge in [0.05, 0.1) is 19.2 Å². The number of alkyl halides is 3. The number of ether oxygens (including phenoxy) is 1. The maximum Gasteiger partial charge on any atom is 0.416 e. The highest BCUT2D eigenvalue weighted by Gasteiger charge is 2.30. The van der Waals surface area contributed by atoms with E-state index in [4.69, 9.17) is 4.74 Å². The maximum atomic E-state index is 12.8. The van der Waals surface area contributed by atoms with Crippen molar-refractivity contribution >= 4 is 11.6 Å². The Hall–Kier alpha value is -2.54. The molecule has 3 rings (SSSR count). The minimum absolute atomic E-state index is 0.0273. The summed E-state index contributed by atoms with van der Waals surface area (Å²) in [6.07, 6.45) is -2.56. The number of carbonyl (C=O) groups excluding carboxylic acids is 1. The molecule has 1 heterocycles. The van der Waals surface area contributed by atoms with E-state index >= 15 is 0 Å². The molecule has 28 heavy (non-hydrogen) atoms. The van der Waals surface area contributed by atoms with Gasteiger partial charge in [0.15, 0.2) is 0 Å². The second kappa shape index (κ2) is 8.22. The van der Waals surface area contributed by atoms with Gasteiger partial charge in [0.1, 0.15) is 5.75 Å². The molecule has 0 bridgehead atoms. The summed E-state index contributed by atoms with van der Waals surface area (Å²) < 4.78 is 43.2. The van der Waals surface area contributed by atoms with Gasteiger partial charge in [0.2, 0.25) is 5.91 Å². The third kappa shape index (κ3) is 4.65. The number of amides is 1. The first kappa shape index (κ1) is 20.2. The molecule has 4 nitrogen and oxygen atoms in total. The van der Waals surface area contributed by atoms with E-state index in [1.165, 1.54) is 12.1 Å². The molecule has 0 saturated carbocycles. The van der Waals surface area contributed by atoms with Crippen LogP contribution in [0.5, 0.6) is 5.75 Å². The van der Waals surface area contributed by atoms with Crippen molar-refractivity contribution in [2.75, 3.05) is 32.1 Å². The fraction of sp³-hybridized carbons (Fsp3) is 0.381. The van der Waals surface area contributed by atoms with E-state index in [-0.39, 0.29) is 12.5 Å². The topological polar surface area (TPSA) is 32.8 Å². The minimum Gasteiger partial charge on any atom is -0.497 e. The second-order valence-corrected chi connectivity index (χ2v) is 7.01. The van der Waals surface area contributed by atoms with E-state index < -0.39 is 11.7 Å². The van der Waals surface area contributed by atoms with Gasteiger partial charge in [-0.2, -0.15) is 13.2 Å². The lowest BCUT2D eigenvalue weighted by atomic mass is 10.0. The van der Waals surface area contributed by atoms with E-state index in [9.17, 15) is 18.0 Å². The van der Waals surface area contributed by atoms with E-state index in [1.807, 2.05) is 23.1 Å². The molecule has 7 heteroatoms. The fourth-order valence-corrected chi connectivity index (χ4v) is 3.44. The molecule has 1 aliphatic heterocycles. The zero-order valence-electron chi connectivity index (χ0n) is 15.9. The molecular formula is C21H23F3N2O2. The molecular weight excluding hydrogens is 369 g/mol. The van der Waals surface area contributed by atoms with Gasteiger partial charge in [-0.05, 0) is 61.3 Å². The van der Waals surface area contributed by atoms with Crippen LogP contribution in [-0.4, -0.2) is 38.1 Å². The Morgan fingerprint density at radius 3 is 2.54 bits per heavy atom. The monoisotopic (exact) mass is 392 g/mol. The Morgan fingerprint density at radius 2 is 1.89 bits per heavy atom. The SMILES string of the molecule is COc1ccc2c(c1)CCCN2C(=O)CN(C)Cc1ccc(C(F)(F)F)cc1. The highest BCUT2D eigenvalue weighted by molar-refractivity contribution is 5.96. The van der Waals surface area contributed by atoms with Crippen molar-refractivity contribution in [2.24, 2.45) is 0 Å². The summed E-state index contributed by atoms with van der Waals surface area (Å²) in [6, 6.07) is 10.7. The van der Waals surface area contributed by atoms with Crippen molar-refractivity contribution in [1.29, 1.82) is 0 Å². The highest BCUT2D eigenvalue weighted by Crippen LogP contribution is 2.31. The van der Waals surface area contributed by atoms with Crippen LogP contribution in [0.4, 0.5) is 18.9 Å². The Morgan fingerprint density at radius 1 is 1.18 bits per heavy atom. The van der Waals surface area contributed by atoms with Gasteiger partial charge in [-0.3, -0.25) is 9.69 Å². The summed E-state index contributed by atoms with van der Waals surface area (Å²) in [6.45, 7) is 1.24. The zero-order valence-corrected chi connectivity index (χ0v) is 15.9. The van der Waals surface area contributed by atoms with Crippen molar-refractivity contribution in [2.45, 2.75) is 25.6 Å². The minimum atomic E-state index is -4.34. The van der Waals surface area contributed by atoms with Crippen molar-refractivity contribution in [3.05, 3.63) is 59.2 Å². The second-order valence-electron chi connectivity index (χ2n) is 7.01. The van der Waals surface area contributed by atoms with Crippen LogP contribution < -0.4 is 9.64 Å². The van der Waals surface area contributed by atoms with E-state index in [0.29, 0.717) is 13.1 Å². The Bertz CT molecular complexity index is 835. The molecule has 0 aliphatic carbocycles. The van der Waals surface area contributed by atoms with Crippen LogP contribution in [0, 0.1) is 0 Å². The number of benzene rings is 2. The summed E-state index contributed by atoms with van der Waals surface area (Å²) in [5.74, 6) is 0.744. The van der Waals surface area contributed by atoms with Gasteiger partial charge in [0, 0.05) is 18.8 Å². The van der Waals surface area contributed by atoms with Crippen molar-refractivity contribution < 1.29 is 22.7 Å². The molecule has 0 fully saturated rings. The van der Waals surface area contributed by atoms with Gasteiger partial charge < -0.3 is 9.64 Å². The van der Waals surface area contributed by atoms with Gasteiger partial charge >= 0.3 is 6.18 Å². The summed E-state index contributed by atoms with van der Waals surface area (Å²) in [7, 11) is 3.40. The van der Waals surface area contributed by atoms with Crippen LogP contribution in [0.2, 0.25) is 0 Å². The lowest BCUT2D eigenvalue weighted by molar-refractivity contribution is -0.137. The summed E-state index contributed by atoms with van der Waals surface area (Å²) in [5.41, 5.74) is 2.05. The number of carbonyl (C=O) groups is 1. The number of methoxy groups -OCH3 is 1. The molecule has 0 N–H and O–H groups in total. The first-order valence-electron chi connectivity index (χ1n) is 9.10. The number of anilines is 1. The number of hydrogen-bond donors (Lipinski definition) is 0. The Balaban J connectivity index is 1.64. The molecule has 0 saturated heterocycles. The molecule has 0 aromatic heterocycles. The van der Waals surface area contributed by atoms with Gasteiger partial charge in [-0.1, -0.05) is 12.1 Å². The maximum absolute atomic E-state index is 12.8. The number of fused-ring (bicyclic) bond motifs is 1. The molecule has 2 aromatic carbocycles. The third-order valence-electron chi connectivity index (χ3n) is 4.85. The van der Waals surface area contributed by atoms with Crippen LogP contribution in [0.1, 0.15) is 23.1 Å². The Labute approximate surface area is 162 Å². The van der Waals surface area contributed by atoms with Gasteiger partial charge in [0.25, 0.3) is 0 Å². The lowest BCUT2D eigenvalue weighted by Crippen LogP contribution is -2.41. The molecule has 2 aromatic rings. The first-order valence-corrected chi connectivity index (χ1v) is 9.10. The van der Waals surface area contributed by atoms with Crippen LogP contribution in [0.3, 0.4) is 0 Å². The van der Waals surface area contributed by atoms with Crippen LogP contribution in [0.25, 0.3) is 0 Å². The van der Waals surface area contributed by atoms with E-state index in [0.717, 1.165) is 47.5 Å². The number of rotatable bonds is 5. The zero-order chi connectivity index (χ0) is 20.3. The van der Waals surface area contributed by atoms with E-state index in [2.05, 4.69) is 0 Å². The smallest absolute Gasteiger partial charge is 0.416 e. The van der Waals surface area contributed by atoms with Crippen LogP contribution >= 0.6 is 0 Å². The van der Waals surface area contributed by atoms with E-state index in [1.54, 1.807) is 19.1 Å². The predicted octanol–water partition coefficient (Wildman–Crippen LogP) is 4.13. The van der Waals surface area contributed by atoms with Gasteiger partial charge in [-0.25, -0.2) is 0 Å². The molecule has 0 spiro atoms. The molecule has 0 radical (unpaired) electrons. The third-order valence-corrected chi connectivity index (χ3v) is 4.85. The average Bonchev–Trinajstić information content (AvgIpc) is 2.66.